The highest BCUT2D eigenvalue weighted by Crippen LogP contribution is 2.37. The van der Waals surface area contributed by atoms with Gasteiger partial charge in [-0.25, -0.2) is 4.98 Å². The Balaban J connectivity index is 2.42. The van der Waals surface area contributed by atoms with E-state index < -0.39 is 11.7 Å². The first-order valence-corrected chi connectivity index (χ1v) is 8.04. The van der Waals surface area contributed by atoms with Gasteiger partial charge < -0.3 is 9.64 Å². The first kappa shape index (κ1) is 18.5. The summed E-state index contributed by atoms with van der Waals surface area (Å²) in [5, 5.41) is 0. The van der Waals surface area contributed by atoms with Gasteiger partial charge in [-0.2, -0.15) is 18.2 Å². The first-order valence-electron chi connectivity index (χ1n) is 7.25. The molecule has 0 fully saturated rings. The molecule has 1 heterocycles. The highest BCUT2D eigenvalue weighted by molar-refractivity contribution is 9.10. The summed E-state index contributed by atoms with van der Waals surface area (Å²) in [6.07, 6.45) is -3.80. The Morgan fingerprint density at radius 2 is 1.83 bits per heavy atom. The van der Waals surface area contributed by atoms with Crippen molar-refractivity contribution in [2.24, 2.45) is 5.92 Å². The highest BCUT2D eigenvalue weighted by atomic mass is 79.9. The van der Waals surface area contributed by atoms with Gasteiger partial charge in [-0.1, -0.05) is 29.8 Å². The van der Waals surface area contributed by atoms with E-state index in [0.717, 1.165) is 10.7 Å². The maximum Gasteiger partial charge on any atom is 0.421 e. The third-order valence-electron chi connectivity index (χ3n) is 3.13. The number of rotatable bonds is 5. The second-order valence-corrected chi connectivity index (χ2v) is 6.54. The van der Waals surface area contributed by atoms with Gasteiger partial charge in [0.2, 0.25) is 0 Å². The summed E-state index contributed by atoms with van der Waals surface area (Å²) in [5.74, 6) is -0.0397. The van der Waals surface area contributed by atoms with Gasteiger partial charge in [-0.3, -0.25) is 0 Å². The number of anilines is 2. The van der Waals surface area contributed by atoms with E-state index in [0.29, 0.717) is 12.3 Å². The monoisotopic (exact) mass is 403 g/mol. The summed E-state index contributed by atoms with van der Waals surface area (Å²) in [6, 6.07) is 6.81. The molecule has 1 aromatic carbocycles. The van der Waals surface area contributed by atoms with E-state index in [1.54, 1.807) is 24.3 Å². The molecule has 0 saturated heterocycles. The van der Waals surface area contributed by atoms with Crippen LogP contribution in [0.25, 0.3) is 0 Å². The molecule has 0 radical (unpaired) electrons. The fourth-order valence-electron chi connectivity index (χ4n) is 1.91. The minimum atomic E-state index is -4.56. The van der Waals surface area contributed by atoms with Crippen molar-refractivity contribution in [3.05, 3.63) is 40.5 Å². The molecule has 0 atom stereocenters. The molecule has 1 aromatic heterocycles. The van der Waals surface area contributed by atoms with Crippen LogP contribution in [-0.4, -0.2) is 23.6 Å². The molecule has 0 bridgehead atoms. The Bertz CT molecular complexity index is 690. The Morgan fingerprint density at radius 1 is 1.21 bits per heavy atom. The lowest BCUT2D eigenvalue weighted by Crippen LogP contribution is -2.19. The summed E-state index contributed by atoms with van der Waals surface area (Å²) in [7, 11) is 1.52. The van der Waals surface area contributed by atoms with Gasteiger partial charge in [0, 0.05) is 23.4 Å². The summed E-state index contributed by atoms with van der Waals surface area (Å²) < 4.78 is 46.0. The fraction of sp³-hybridized carbons (Fsp3) is 0.375. The van der Waals surface area contributed by atoms with Crippen molar-refractivity contribution in [1.29, 1.82) is 0 Å². The van der Waals surface area contributed by atoms with Gasteiger partial charge >= 0.3 is 12.2 Å². The number of hydrogen-bond donors (Lipinski definition) is 0. The smallest absolute Gasteiger partial charge is 0.421 e. The molecule has 0 amide bonds. The standard InChI is InChI=1S/C16H17BrF3N3O/c1-10(2)9-24-15-21-8-13(16(18,19)20)14(22-15)23(3)12-6-4-11(17)5-7-12/h4-8,10H,9H2,1-3H3. The quantitative estimate of drug-likeness (QED) is 0.698. The van der Waals surface area contributed by atoms with Crippen molar-refractivity contribution < 1.29 is 17.9 Å². The molecule has 0 aliphatic carbocycles. The maximum absolute atomic E-state index is 13.3. The van der Waals surface area contributed by atoms with Gasteiger partial charge in [0.15, 0.2) is 5.82 Å². The normalized spacial score (nSPS) is 11.7. The zero-order valence-electron chi connectivity index (χ0n) is 13.4. The van der Waals surface area contributed by atoms with Crippen LogP contribution in [0.15, 0.2) is 34.9 Å². The number of ether oxygens (including phenoxy) is 1. The number of hydrogen-bond acceptors (Lipinski definition) is 4. The molecule has 4 nitrogen and oxygen atoms in total. The molecule has 0 unspecified atom stereocenters. The van der Waals surface area contributed by atoms with Crippen LogP contribution in [0, 0.1) is 5.92 Å². The average molecular weight is 404 g/mol. The number of benzene rings is 1. The fourth-order valence-corrected chi connectivity index (χ4v) is 2.17. The highest BCUT2D eigenvalue weighted by Gasteiger charge is 2.36. The van der Waals surface area contributed by atoms with E-state index in [9.17, 15) is 13.2 Å². The van der Waals surface area contributed by atoms with E-state index in [4.69, 9.17) is 4.74 Å². The molecular formula is C16H17BrF3N3O. The van der Waals surface area contributed by atoms with Crippen LogP contribution in [0.3, 0.4) is 0 Å². The van der Waals surface area contributed by atoms with E-state index >= 15 is 0 Å². The Hall–Kier alpha value is -1.83. The Kier molecular flexibility index (Phi) is 5.69. The molecule has 24 heavy (non-hydrogen) atoms. The summed E-state index contributed by atoms with van der Waals surface area (Å²) in [4.78, 5) is 9.01. The van der Waals surface area contributed by atoms with Crippen molar-refractivity contribution in [1.82, 2.24) is 9.97 Å². The minimum absolute atomic E-state index is 0.0735. The van der Waals surface area contributed by atoms with E-state index in [1.165, 1.54) is 11.9 Å². The number of nitrogens with zero attached hydrogens (tertiary/aromatic N) is 3. The largest absolute Gasteiger partial charge is 0.463 e. The molecule has 130 valence electrons. The van der Waals surface area contributed by atoms with Gasteiger partial charge in [0.1, 0.15) is 5.56 Å². The van der Waals surface area contributed by atoms with Crippen molar-refractivity contribution in [3.8, 4) is 6.01 Å². The van der Waals surface area contributed by atoms with Crippen LogP contribution in [0.1, 0.15) is 19.4 Å². The third kappa shape index (κ3) is 4.59. The predicted molar refractivity (Wildman–Crippen MR) is 89.6 cm³/mol. The van der Waals surface area contributed by atoms with E-state index in [2.05, 4.69) is 25.9 Å². The molecule has 0 aliphatic heterocycles. The van der Waals surface area contributed by atoms with E-state index in [-0.39, 0.29) is 17.7 Å². The summed E-state index contributed by atoms with van der Waals surface area (Å²) in [6.45, 7) is 4.19. The van der Waals surface area contributed by atoms with Gasteiger partial charge in [-0.05, 0) is 30.2 Å². The first-order chi connectivity index (χ1) is 11.2. The predicted octanol–water partition coefficient (Wildman–Crippen LogP) is 5.06. The van der Waals surface area contributed by atoms with Gasteiger partial charge in [-0.15, -0.1) is 0 Å². The SMILES string of the molecule is CC(C)COc1ncc(C(F)(F)F)c(N(C)c2ccc(Br)cc2)n1. The average Bonchev–Trinajstić information content (AvgIpc) is 2.51. The zero-order chi connectivity index (χ0) is 17.9. The summed E-state index contributed by atoms with van der Waals surface area (Å²) >= 11 is 3.30. The molecule has 0 saturated carbocycles. The second kappa shape index (κ2) is 7.38. The van der Waals surface area contributed by atoms with Crippen LogP contribution in [-0.2, 0) is 6.18 Å². The van der Waals surface area contributed by atoms with Crippen molar-refractivity contribution in [2.45, 2.75) is 20.0 Å². The lowest BCUT2D eigenvalue weighted by Gasteiger charge is -2.22. The van der Waals surface area contributed by atoms with Crippen LogP contribution < -0.4 is 9.64 Å². The van der Waals surface area contributed by atoms with Crippen molar-refractivity contribution >= 4 is 27.4 Å². The Morgan fingerprint density at radius 3 is 2.38 bits per heavy atom. The lowest BCUT2D eigenvalue weighted by atomic mass is 10.2. The van der Waals surface area contributed by atoms with Gasteiger partial charge in [0.25, 0.3) is 0 Å². The van der Waals surface area contributed by atoms with E-state index in [1.807, 2.05) is 13.8 Å². The topological polar surface area (TPSA) is 38.2 Å². The molecule has 0 aliphatic rings. The van der Waals surface area contributed by atoms with Crippen molar-refractivity contribution in [2.75, 3.05) is 18.6 Å². The Labute approximate surface area is 146 Å². The number of halogens is 4. The molecular weight excluding hydrogens is 387 g/mol. The zero-order valence-corrected chi connectivity index (χ0v) is 15.0. The molecule has 0 spiro atoms. The maximum atomic E-state index is 13.3. The van der Waals surface area contributed by atoms with Crippen LogP contribution in [0.4, 0.5) is 24.7 Å². The molecule has 2 aromatic rings. The number of aromatic nitrogens is 2. The molecule has 8 heteroatoms. The second-order valence-electron chi connectivity index (χ2n) is 5.63. The molecule has 0 N–H and O–H groups in total. The lowest BCUT2D eigenvalue weighted by molar-refractivity contribution is -0.137. The van der Waals surface area contributed by atoms with Crippen LogP contribution in [0.2, 0.25) is 0 Å². The van der Waals surface area contributed by atoms with Gasteiger partial charge in [0.05, 0.1) is 6.61 Å². The van der Waals surface area contributed by atoms with Crippen LogP contribution in [0.5, 0.6) is 6.01 Å². The van der Waals surface area contributed by atoms with Crippen molar-refractivity contribution in [3.63, 3.8) is 0 Å². The summed E-state index contributed by atoms with van der Waals surface area (Å²) in [5.41, 5.74) is -0.345. The van der Waals surface area contributed by atoms with Crippen LogP contribution >= 0.6 is 15.9 Å². The molecule has 2 rings (SSSR count). The third-order valence-corrected chi connectivity index (χ3v) is 3.66. The number of alkyl halides is 3. The minimum Gasteiger partial charge on any atom is -0.463 e.